The number of halogens is 1. The van der Waals surface area contributed by atoms with E-state index < -0.39 is 5.82 Å². The highest BCUT2D eigenvalue weighted by Crippen LogP contribution is 2.34. The standard InChI is InChI=1S/C20H22FN7O/c1-12-3-5-14(6-4-12)24-19-25-18(29-2)17-16(15(21)11-28(17)26-19)13-9-23-20-22-7-8-27(20)10-13/h7-12,14H,3-6H2,1-2H3,(H,24,26). The molecule has 29 heavy (non-hydrogen) atoms. The molecular formula is C20H22FN7O. The summed E-state index contributed by atoms with van der Waals surface area (Å²) in [6.45, 7) is 2.28. The van der Waals surface area contributed by atoms with Gasteiger partial charge in [0, 0.05) is 36.4 Å². The molecule has 0 atom stereocenters. The van der Waals surface area contributed by atoms with Crippen LogP contribution in [0.25, 0.3) is 22.4 Å². The largest absolute Gasteiger partial charge is 0.479 e. The Kier molecular flexibility index (Phi) is 4.30. The van der Waals surface area contributed by atoms with Crippen molar-refractivity contribution in [3.63, 3.8) is 0 Å². The zero-order valence-corrected chi connectivity index (χ0v) is 16.3. The van der Waals surface area contributed by atoms with E-state index in [1.54, 1.807) is 29.2 Å². The third-order valence-corrected chi connectivity index (χ3v) is 5.63. The van der Waals surface area contributed by atoms with Crippen molar-refractivity contribution < 1.29 is 9.13 Å². The molecule has 0 aromatic carbocycles. The minimum absolute atomic E-state index is 0.316. The molecule has 9 heteroatoms. The predicted octanol–water partition coefficient (Wildman–Crippen LogP) is 3.58. The molecule has 1 saturated carbocycles. The molecule has 0 radical (unpaired) electrons. The number of hydrogen-bond acceptors (Lipinski definition) is 6. The van der Waals surface area contributed by atoms with Crippen LogP contribution in [-0.2, 0) is 0 Å². The molecule has 0 aliphatic heterocycles. The van der Waals surface area contributed by atoms with Gasteiger partial charge in [0.1, 0.15) is 5.52 Å². The van der Waals surface area contributed by atoms with Crippen LogP contribution < -0.4 is 10.1 Å². The molecule has 0 amide bonds. The number of rotatable bonds is 4. The number of methoxy groups -OCH3 is 1. The van der Waals surface area contributed by atoms with E-state index in [9.17, 15) is 4.39 Å². The highest BCUT2D eigenvalue weighted by Gasteiger charge is 2.23. The number of nitrogens with zero attached hydrogens (tertiary/aromatic N) is 6. The second-order valence-electron chi connectivity index (χ2n) is 7.67. The van der Waals surface area contributed by atoms with Crippen molar-refractivity contribution in [3.05, 3.63) is 36.8 Å². The number of nitrogens with one attached hydrogen (secondary N) is 1. The number of fused-ring (bicyclic) bond motifs is 2. The van der Waals surface area contributed by atoms with E-state index in [0.29, 0.717) is 40.3 Å². The van der Waals surface area contributed by atoms with E-state index in [4.69, 9.17) is 4.74 Å². The van der Waals surface area contributed by atoms with Crippen molar-refractivity contribution in [3.8, 4) is 17.0 Å². The molecule has 150 valence electrons. The molecule has 8 nitrogen and oxygen atoms in total. The van der Waals surface area contributed by atoms with Gasteiger partial charge in [-0.25, -0.2) is 18.9 Å². The Labute approximate surface area is 166 Å². The maximum Gasteiger partial charge on any atom is 0.244 e. The van der Waals surface area contributed by atoms with Gasteiger partial charge in [-0.1, -0.05) is 6.92 Å². The van der Waals surface area contributed by atoms with E-state index in [-0.39, 0.29) is 0 Å². The van der Waals surface area contributed by atoms with Gasteiger partial charge in [0.25, 0.3) is 0 Å². The van der Waals surface area contributed by atoms with Crippen LogP contribution in [0.4, 0.5) is 10.3 Å². The molecule has 1 fully saturated rings. The molecule has 5 rings (SSSR count). The molecule has 0 spiro atoms. The van der Waals surface area contributed by atoms with Gasteiger partial charge in [-0.15, -0.1) is 5.10 Å². The molecule has 4 aromatic rings. The van der Waals surface area contributed by atoms with Crippen molar-refractivity contribution >= 4 is 17.2 Å². The first-order valence-corrected chi connectivity index (χ1v) is 9.81. The van der Waals surface area contributed by atoms with E-state index in [2.05, 4.69) is 32.3 Å². The maximum absolute atomic E-state index is 14.9. The van der Waals surface area contributed by atoms with Crippen LogP contribution in [0.5, 0.6) is 5.88 Å². The van der Waals surface area contributed by atoms with Gasteiger partial charge in [-0.05, 0) is 31.6 Å². The van der Waals surface area contributed by atoms with E-state index >= 15 is 0 Å². The minimum Gasteiger partial charge on any atom is -0.479 e. The molecule has 4 heterocycles. The molecular weight excluding hydrogens is 373 g/mol. The smallest absolute Gasteiger partial charge is 0.244 e. The Morgan fingerprint density at radius 1 is 1.17 bits per heavy atom. The fraction of sp³-hybridized carbons (Fsp3) is 0.400. The zero-order valence-electron chi connectivity index (χ0n) is 16.3. The molecule has 1 N–H and O–H groups in total. The van der Waals surface area contributed by atoms with Crippen LogP contribution >= 0.6 is 0 Å². The third kappa shape index (κ3) is 3.16. The summed E-state index contributed by atoms with van der Waals surface area (Å²) in [7, 11) is 1.53. The average Bonchev–Trinajstić information content (AvgIpc) is 3.31. The summed E-state index contributed by atoms with van der Waals surface area (Å²) < 4.78 is 23.7. The normalized spacial score (nSPS) is 19.7. The van der Waals surface area contributed by atoms with Gasteiger partial charge in [-0.3, -0.25) is 4.40 Å². The van der Waals surface area contributed by atoms with Crippen molar-refractivity contribution in [1.82, 2.24) is 29.0 Å². The lowest BCUT2D eigenvalue weighted by molar-refractivity contribution is 0.359. The van der Waals surface area contributed by atoms with Crippen LogP contribution in [0.2, 0.25) is 0 Å². The average molecular weight is 395 g/mol. The van der Waals surface area contributed by atoms with Crippen LogP contribution in [0.15, 0.2) is 31.0 Å². The first kappa shape index (κ1) is 17.8. The number of aromatic nitrogens is 6. The maximum atomic E-state index is 14.9. The summed E-state index contributed by atoms with van der Waals surface area (Å²) in [6, 6.07) is 0.320. The van der Waals surface area contributed by atoms with Crippen molar-refractivity contribution in [2.24, 2.45) is 5.92 Å². The molecule has 1 aliphatic carbocycles. The Hall–Kier alpha value is -3.23. The first-order chi connectivity index (χ1) is 14.1. The lowest BCUT2D eigenvalue weighted by Crippen LogP contribution is -2.26. The first-order valence-electron chi connectivity index (χ1n) is 9.81. The topological polar surface area (TPSA) is 81.6 Å². The third-order valence-electron chi connectivity index (χ3n) is 5.63. The predicted molar refractivity (Wildman–Crippen MR) is 107 cm³/mol. The number of hydrogen-bond donors (Lipinski definition) is 1. The summed E-state index contributed by atoms with van der Waals surface area (Å²) in [5, 5.41) is 7.88. The minimum atomic E-state index is -0.414. The van der Waals surface area contributed by atoms with Gasteiger partial charge in [-0.2, -0.15) is 4.98 Å². The number of anilines is 1. The van der Waals surface area contributed by atoms with Gasteiger partial charge in [0.15, 0.2) is 5.82 Å². The SMILES string of the molecule is COc1nc(NC2CCC(C)CC2)nn2cc(F)c(-c3cnc4nccn4c3)c12. The fourth-order valence-electron chi connectivity index (χ4n) is 4.03. The van der Waals surface area contributed by atoms with Gasteiger partial charge >= 0.3 is 0 Å². The zero-order chi connectivity index (χ0) is 20.0. The summed E-state index contributed by atoms with van der Waals surface area (Å²) in [5.74, 6) is 1.65. The van der Waals surface area contributed by atoms with E-state index in [1.807, 2.05) is 0 Å². The lowest BCUT2D eigenvalue weighted by Gasteiger charge is -2.26. The summed E-state index contributed by atoms with van der Waals surface area (Å²) >= 11 is 0. The van der Waals surface area contributed by atoms with Gasteiger partial charge in [0.05, 0.1) is 18.9 Å². The fourth-order valence-corrected chi connectivity index (χ4v) is 4.03. The Bertz CT molecular complexity index is 1180. The summed E-state index contributed by atoms with van der Waals surface area (Å²) in [6.07, 6.45) is 12.7. The molecule has 0 bridgehead atoms. The number of ether oxygens (including phenoxy) is 1. The van der Waals surface area contributed by atoms with Crippen molar-refractivity contribution in [2.45, 2.75) is 38.6 Å². The Morgan fingerprint density at radius 2 is 2.00 bits per heavy atom. The van der Waals surface area contributed by atoms with E-state index in [1.165, 1.54) is 30.7 Å². The van der Waals surface area contributed by atoms with Crippen LogP contribution in [0.1, 0.15) is 32.6 Å². The second kappa shape index (κ2) is 6.98. The van der Waals surface area contributed by atoms with Gasteiger partial charge < -0.3 is 10.1 Å². The number of imidazole rings is 1. The molecule has 1 aliphatic rings. The molecule has 0 saturated heterocycles. The summed E-state index contributed by atoms with van der Waals surface area (Å²) in [5.41, 5.74) is 1.41. The van der Waals surface area contributed by atoms with E-state index in [0.717, 1.165) is 18.8 Å². The summed E-state index contributed by atoms with van der Waals surface area (Å²) in [4.78, 5) is 12.9. The highest BCUT2D eigenvalue weighted by molar-refractivity contribution is 5.84. The second-order valence-corrected chi connectivity index (χ2v) is 7.67. The Balaban J connectivity index is 1.56. The van der Waals surface area contributed by atoms with Gasteiger partial charge in [0.2, 0.25) is 17.6 Å². The van der Waals surface area contributed by atoms with Crippen LogP contribution in [-0.4, -0.2) is 42.1 Å². The monoisotopic (exact) mass is 395 g/mol. The molecule has 0 unspecified atom stereocenters. The Morgan fingerprint density at radius 3 is 2.79 bits per heavy atom. The van der Waals surface area contributed by atoms with Crippen molar-refractivity contribution in [2.75, 3.05) is 12.4 Å². The quantitative estimate of drug-likeness (QED) is 0.569. The highest BCUT2D eigenvalue weighted by atomic mass is 19.1. The van der Waals surface area contributed by atoms with Crippen molar-refractivity contribution in [1.29, 1.82) is 0 Å². The van der Waals surface area contributed by atoms with Crippen LogP contribution in [0.3, 0.4) is 0 Å². The van der Waals surface area contributed by atoms with Crippen LogP contribution in [0, 0.1) is 11.7 Å². The molecule has 4 aromatic heterocycles. The lowest BCUT2D eigenvalue weighted by atomic mass is 9.87.